The van der Waals surface area contributed by atoms with Gasteiger partial charge in [-0.3, -0.25) is 14.2 Å². The Hall–Kier alpha value is -1.77. The zero-order valence-electron chi connectivity index (χ0n) is 16.6. The van der Waals surface area contributed by atoms with E-state index in [2.05, 4.69) is 6.92 Å². The van der Waals surface area contributed by atoms with Crippen LogP contribution in [0.25, 0.3) is 0 Å². The van der Waals surface area contributed by atoms with Crippen LogP contribution >= 0.6 is 7.37 Å². The fraction of sp³-hybridized carbons (Fsp3) is 0.429. The lowest BCUT2D eigenvalue weighted by Gasteiger charge is -2.24. The molecular weight excluding hydrogens is 347 g/mol. The molecule has 1 aliphatic rings. The molecule has 26 heavy (non-hydrogen) atoms. The highest BCUT2D eigenvalue weighted by atomic mass is 31.2. The van der Waals surface area contributed by atoms with Crippen LogP contribution in [0.15, 0.2) is 34.9 Å². The Morgan fingerprint density at radius 2 is 1.58 bits per heavy atom. The Balaban J connectivity index is 2.57. The average Bonchev–Trinajstić information content (AvgIpc) is 2.51. The minimum absolute atomic E-state index is 0.311. The molecule has 0 amide bonds. The highest BCUT2D eigenvalue weighted by molar-refractivity contribution is 7.91. The van der Waals surface area contributed by atoms with Crippen molar-refractivity contribution >= 4 is 18.4 Å². The first-order valence-electron chi connectivity index (χ1n) is 8.74. The molecule has 2 atom stereocenters. The van der Waals surface area contributed by atoms with Crippen molar-refractivity contribution in [2.24, 2.45) is 5.92 Å². The molecule has 2 unspecified atom stereocenters. The van der Waals surface area contributed by atoms with Gasteiger partial charge in [-0.15, -0.1) is 0 Å². The summed E-state index contributed by atoms with van der Waals surface area (Å²) in [6.07, 6.45) is 2.69. The van der Waals surface area contributed by atoms with Crippen LogP contribution in [-0.4, -0.2) is 18.2 Å². The van der Waals surface area contributed by atoms with Gasteiger partial charge in [0.25, 0.3) is 11.0 Å². The van der Waals surface area contributed by atoms with Crippen molar-refractivity contribution in [1.29, 1.82) is 0 Å². The number of rotatable bonds is 5. The van der Waals surface area contributed by atoms with Crippen molar-refractivity contribution in [3.05, 3.63) is 57.2 Å². The van der Waals surface area contributed by atoms with Gasteiger partial charge in [0.2, 0.25) is 0 Å². The quantitative estimate of drug-likeness (QED) is 0.638. The first-order chi connectivity index (χ1) is 12.0. The molecule has 140 valence electrons. The van der Waals surface area contributed by atoms with E-state index in [0.717, 1.165) is 16.7 Å². The summed E-state index contributed by atoms with van der Waals surface area (Å²) in [5.74, 6) is 0.311. The fourth-order valence-corrected chi connectivity index (χ4v) is 5.74. The largest absolute Gasteiger partial charge is 0.339 e. The molecule has 1 aromatic carbocycles. The number of hydrogen-bond acceptors (Lipinski definition) is 4. The van der Waals surface area contributed by atoms with E-state index in [4.69, 9.17) is 4.52 Å². The first kappa shape index (κ1) is 20.5. The Morgan fingerprint density at radius 3 is 2.04 bits per heavy atom. The van der Waals surface area contributed by atoms with E-state index in [1.807, 2.05) is 39.0 Å². The summed E-state index contributed by atoms with van der Waals surface area (Å²) < 4.78 is 18.6. The summed E-state index contributed by atoms with van der Waals surface area (Å²) in [6.45, 7) is 11.2. The van der Waals surface area contributed by atoms with Crippen molar-refractivity contribution in [2.45, 2.75) is 48.0 Å². The molecule has 2 rings (SSSR count). The molecule has 0 bridgehead atoms. The number of aryl methyl sites for hydroxylation is 3. The topological polar surface area (TPSA) is 60.4 Å². The molecule has 0 saturated heterocycles. The molecule has 4 nitrogen and oxygen atoms in total. The number of hydrogen-bond donors (Lipinski definition) is 0. The molecule has 0 spiro atoms. The van der Waals surface area contributed by atoms with Crippen LogP contribution in [-0.2, 0) is 13.9 Å². The predicted octanol–water partition coefficient (Wildman–Crippen LogP) is 5.51. The van der Waals surface area contributed by atoms with E-state index in [-0.39, 0.29) is 0 Å². The summed E-state index contributed by atoms with van der Waals surface area (Å²) in [6, 6.07) is 3.70. The number of carbonyl (C=O) groups excluding carboxylic acids is 2. The van der Waals surface area contributed by atoms with E-state index in [9.17, 15) is 14.2 Å². The second-order valence-corrected chi connectivity index (χ2v) is 9.58. The lowest BCUT2D eigenvalue weighted by atomic mass is 9.87. The molecule has 0 aromatic heterocycles. The summed E-state index contributed by atoms with van der Waals surface area (Å²) >= 11 is 0. The molecule has 0 fully saturated rings. The molecule has 1 aromatic rings. The molecule has 0 N–H and O–H groups in total. The minimum atomic E-state index is -4.21. The Kier molecular flexibility index (Phi) is 5.89. The third-order valence-corrected chi connectivity index (χ3v) is 6.91. The predicted molar refractivity (Wildman–Crippen MR) is 105 cm³/mol. The van der Waals surface area contributed by atoms with Gasteiger partial charge in [-0.05, 0) is 63.7 Å². The van der Waals surface area contributed by atoms with Gasteiger partial charge in [-0.2, -0.15) is 0 Å². The first-order valence-corrected chi connectivity index (χ1v) is 10.4. The Bertz CT molecular complexity index is 866. The van der Waals surface area contributed by atoms with Crippen LogP contribution in [0.5, 0.6) is 0 Å². The van der Waals surface area contributed by atoms with Crippen LogP contribution in [0.4, 0.5) is 0 Å². The van der Waals surface area contributed by atoms with Crippen molar-refractivity contribution in [3.63, 3.8) is 0 Å². The van der Waals surface area contributed by atoms with Crippen LogP contribution in [0.3, 0.4) is 0 Å². The smallest absolute Gasteiger partial charge is 0.321 e. The lowest BCUT2D eigenvalue weighted by Crippen LogP contribution is -2.19. The van der Waals surface area contributed by atoms with E-state index < -0.39 is 18.4 Å². The normalized spacial score (nSPS) is 19.8. The number of carbonyl (C=O) groups is 2. The lowest BCUT2D eigenvalue weighted by molar-refractivity contribution is -0.109. The second-order valence-electron chi connectivity index (χ2n) is 7.30. The standard InChI is InChI=1S/C21H27O4P/c1-12-8-14(3)18(15(4)9-12)20(22)26(24,25-7)21(23)19-16(5)10-13(2)11-17(19)6/h8-10,13H,11H2,1-7H3. The zero-order chi connectivity index (χ0) is 19.8. The maximum Gasteiger partial charge on any atom is 0.339 e. The number of allylic oxidation sites excluding steroid dienone is 4. The fourth-order valence-electron chi connectivity index (χ4n) is 3.91. The highest BCUT2D eigenvalue weighted by Gasteiger charge is 2.45. The van der Waals surface area contributed by atoms with Gasteiger partial charge in [0.1, 0.15) is 0 Å². The second kappa shape index (κ2) is 7.46. The Morgan fingerprint density at radius 1 is 1.04 bits per heavy atom. The van der Waals surface area contributed by atoms with Crippen molar-refractivity contribution in [3.8, 4) is 0 Å². The van der Waals surface area contributed by atoms with Gasteiger partial charge in [0.15, 0.2) is 0 Å². The molecular formula is C21H27O4P. The van der Waals surface area contributed by atoms with Crippen molar-refractivity contribution in [1.82, 2.24) is 0 Å². The summed E-state index contributed by atoms with van der Waals surface area (Å²) in [4.78, 5) is 26.3. The maximum absolute atomic E-state index is 13.5. The van der Waals surface area contributed by atoms with Crippen LogP contribution in [0.1, 0.15) is 54.2 Å². The molecule has 0 radical (unpaired) electrons. The van der Waals surface area contributed by atoms with Crippen LogP contribution in [0, 0.1) is 26.7 Å². The Labute approximate surface area is 155 Å². The van der Waals surface area contributed by atoms with Crippen LogP contribution in [0.2, 0.25) is 0 Å². The molecule has 0 saturated carbocycles. The third kappa shape index (κ3) is 3.54. The highest BCUT2D eigenvalue weighted by Crippen LogP contribution is 2.54. The van der Waals surface area contributed by atoms with Gasteiger partial charge in [-0.25, -0.2) is 0 Å². The van der Waals surface area contributed by atoms with E-state index >= 15 is 0 Å². The molecule has 0 heterocycles. The summed E-state index contributed by atoms with van der Waals surface area (Å²) in [5.41, 5.74) is 3.31. The van der Waals surface area contributed by atoms with Gasteiger partial charge in [0.05, 0.1) is 0 Å². The molecule has 5 heteroatoms. The SMILES string of the molecule is COP(=O)(C(=O)C1=C(C)CC(C)C=C1C)C(=O)c1c(C)cc(C)cc1C. The third-order valence-electron chi connectivity index (χ3n) is 4.88. The number of benzene rings is 1. The van der Waals surface area contributed by atoms with E-state index in [0.29, 0.717) is 34.6 Å². The van der Waals surface area contributed by atoms with Gasteiger partial charge in [0, 0.05) is 18.2 Å². The van der Waals surface area contributed by atoms with Gasteiger partial charge >= 0.3 is 7.37 Å². The molecule has 0 aliphatic heterocycles. The van der Waals surface area contributed by atoms with Crippen molar-refractivity contribution in [2.75, 3.05) is 7.11 Å². The maximum atomic E-state index is 13.5. The van der Waals surface area contributed by atoms with E-state index in [1.165, 1.54) is 7.11 Å². The summed E-state index contributed by atoms with van der Waals surface area (Å²) in [7, 11) is -3.04. The van der Waals surface area contributed by atoms with Gasteiger partial charge < -0.3 is 4.52 Å². The average molecular weight is 374 g/mol. The molecule has 1 aliphatic carbocycles. The zero-order valence-corrected chi connectivity index (χ0v) is 17.5. The monoisotopic (exact) mass is 374 g/mol. The van der Waals surface area contributed by atoms with Crippen LogP contribution < -0.4 is 0 Å². The minimum Gasteiger partial charge on any atom is -0.321 e. The van der Waals surface area contributed by atoms with Gasteiger partial charge in [-0.1, -0.05) is 36.3 Å². The van der Waals surface area contributed by atoms with E-state index in [1.54, 1.807) is 13.8 Å². The summed E-state index contributed by atoms with van der Waals surface area (Å²) in [5, 5.41) is 0. The van der Waals surface area contributed by atoms with Crippen molar-refractivity contribution < 1.29 is 18.7 Å².